The Bertz CT molecular complexity index is 960. The molecule has 1 heterocycles. The van der Waals surface area contributed by atoms with E-state index in [1.165, 1.54) is 10.4 Å². The van der Waals surface area contributed by atoms with Crippen LogP contribution in [0.1, 0.15) is 15.9 Å². The number of amides is 1. The first-order valence-electron chi connectivity index (χ1n) is 8.65. The lowest BCUT2D eigenvalue weighted by Crippen LogP contribution is -2.50. The Morgan fingerprint density at radius 1 is 1.11 bits per heavy atom. The van der Waals surface area contributed by atoms with Crippen LogP contribution < -0.4 is 0 Å². The minimum Gasteiger partial charge on any atom is -0.336 e. The van der Waals surface area contributed by atoms with Gasteiger partial charge in [0, 0.05) is 37.5 Å². The summed E-state index contributed by atoms with van der Waals surface area (Å²) in [5, 5.41) is -0.236. The van der Waals surface area contributed by atoms with E-state index in [-0.39, 0.29) is 28.9 Å². The molecular formula is C19H20ClFN2O3S2. The second kappa shape index (κ2) is 8.82. The van der Waals surface area contributed by atoms with Gasteiger partial charge < -0.3 is 4.90 Å². The minimum absolute atomic E-state index is 0.0527. The summed E-state index contributed by atoms with van der Waals surface area (Å²) in [5.41, 5.74) is 1.74. The molecule has 0 atom stereocenters. The average molecular weight is 443 g/mol. The standard InChI is InChI=1S/C19H20ClFN2O3S2/c1-27-13-14-2-4-15(5-3-14)19(24)22-8-10-23(11-9-22)28(25,26)16-6-7-18(21)17(20)12-16/h2-7,12H,8-11,13H2,1H3. The number of hydrogen-bond acceptors (Lipinski definition) is 4. The highest BCUT2D eigenvalue weighted by Gasteiger charge is 2.30. The summed E-state index contributed by atoms with van der Waals surface area (Å²) in [6.45, 7) is 0.931. The first-order chi connectivity index (χ1) is 13.3. The molecular weight excluding hydrogens is 423 g/mol. The SMILES string of the molecule is CSCc1ccc(C(=O)N2CCN(S(=O)(=O)c3ccc(F)c(Cl)c3)CC2)cc1. The molecule has 2 aromatic rings. The normalized spacial score (nSPS) is 15.6. The van der Waals surface area contributed by atoms with Gasteiger partial charge in [-0.15, -0.1) is 0 Å². The van der Waals surface area contributed by atoms with E-state index in [9.17, 15) is 17.6 Å². The third kappa shape index (κ3) is 4.51. The Hall–Kier alpha value is -1.61. The van der Waals surface area contributed by atoms with Crippen LogP contribution in [0.4, 0.5) is 4.39 Å². The molecule has 1 saturated heterocycles. The summed E-state index contributed by atoms with van der Waals surface area (Å²) in [4.78, 5) is 14.3. The number of sulfonamides is 1. The van der Waals surface area contributed by atoms with Crippen molar-refractivity contribution in [1.82, 2.24) is 9.21 Å². The average Bonchev–Trinajstić information content (AvgIpc) is 2.70. The van der Waals surface area contributed by atoms with E-state index in [1.54, 1.807) is 28.8 Å². The number of nitrogens with zero attached hydrogens (tertiary/aromatic N) is 2. The molecule has 1 aliphatic rings. The second-order valence-corrected chi connectivity index (χ2v) is 9.61. The second-order valence-electron chi connectivity index (χ2n) is 6.40. The van der Waals surface area contributed by atoms with Crippen molar-refractivity contribution in [3.63, 3.8) is 0 Å². The van der Waals surface area contributed by atoms with Crippen LogP contribution in [-0.2, 0) is 15.8 Å². The Morgan fingerprint density at radius 3 is 2.32 bits per heavy atom. The van der Waals surface area contributed by atoms with Crippen molar-refractivity contribution < 1.29 is 17.6 Å². The summed E-state index contributed by atoms with van der Waals surface area (Å²) in [5.74, 6) is 0.107. The third-order valence-corrected chi connectivity index (χ3v) is 7.37. The highest BCUT2D eigenvalue weighted by atomic mass is 35.5. The fraction of sp³-hybridized carbons (Fsp3) is 0.316. The lowest BCUT2D eigenvalue weighted by Gasteiger charge is -2.34. The number of piperazine rings is 1. The molecule has 0 unspecified atom stereocenters. The summed E-state index contributed by atoms with van der Waals surface area (Å²) in [7, 11) is -3.79. The van der Waals surface area contributed by atoms with Crippen LogP contribution in [0.2, 0.25) is 5.02 Å². The van der Waals surface area contributed by atoms with E-state index in [1.807, 2.05) is 18.4 Å². The van der Waals surface area contributed by atoms with Gasteiger partial charge in [-0.3, -0.25) is 4.79 Å². The summed E-state index contributed by atoms with van der Waals surface area (Å²) in [6.07, 6.45) is 2.02. The number of carbonyl (C=O) groups excluding carboxylic acids is 1. The first-order valence-corrected chi connectivity index (χ1v) is 11.9. The minimum atomic E-state index is -3.79. The van der Waals surface area contributed by atoms with Crippen molar-refractivity contribution in [2.75, 3.05) is 32.4 Å². The number of rotatable bonds is 5. The van der Waals surface area contributed by atoms with Crippen LogP contribution in [0.25, 0.3) is 0 Å². The van der Waals surface area contributed by atoms with Gasteiger partial charge >= 0.3 is 0 Å². The van der Waals surface area contributed by atoms with Crippen LogP contribution in [0.15, 0.2) is 47.4 Å². The van der Waals surface area contributed by atoms with E-state index in [0.717, 1.165) is 23.4 Å². The predicted octanol–water partition coefficient (Wildman–Crippen LogP) is 3.49. The van der Waals surface area contributed by atoms with Gasteiger partial charge in [0.1, 0.15) is 5.82 Å². The highest BCUT2D eigenvalue weighted by molar-refractivity contribution is 7.97. The lowest BCUT2D eigenvalue weighted by molar-refractivity contribution is 0.0698. The molecule has 1 fully saturated rings. The van der Waals surface area contributed by atoms with E-state index in [2.05, 4.69) is 0 Å². The maximum absolute atomic E-state index is 13.3. The van der Waals surface area contributed by atoms with Gasteiger partial charge in [0.15, 0.2) is 0 Å². The lowest BCUT2D eigenvalue weighted by atomic mass is 10.1. The van der Waals surface area contributed by atoms with Crippen LogP contribution >= 0.6 is 23.4 Å². The van der Waals surface area contributed by atoms with Crippen molar-refractivity contribution >= 4 is 39.3 Å². The van der Waals surface area contributed by atoms with Gasteiger partial charge in [0.2, 0.25) is 10.0 Å². The van der Waals surface area contributed by atoms with Gasteiger partial charge in [0.25, 0.3) is 5.91 Å². The van der Waals surface area contributed by atoms with Gasteiger partial charge in [-0.1, -0.05) is 23.7 Å². The molecule has 9 heteroatoms. The van der Waals surface area contributed by atoms with Crippen molar-refractivity contribution in [3.05, 3.63) is 64.4 Å². The number of hydrogen-bond donors (Lipinski definition) is 0. The maximum Gasteiger partial charge on any atom is 0.253 e. The number of halogens is 2. The van der Waals surface area contributed by atoms with Crippen LogP contribution in [-0.4, -0.2) is 56.0 Å². The third-order valence-electron chi connectivity index (χ3n) is 4.57. The molecule has 3 rings (SSSR count). The van der Waals surface area contributed by atoms with Crippen molar-refractivity contribution in [3.8, 4) is 0 Å². The molecule has 2 aromatic carbocycles. The molecule has 0 radical (unpaired) electrons. The Morgan fingerprint density at radius 2 is 1.75 bits per heavy atom. The molecule has 0 spiro atoms. The largest absolute Gasteiger partial charge is 0.336 e. The molecule has 0 saturated carbocycles. The monoisotopic (exact) mass is 442 g/mol. The maximum atomic E-state index is 13.3. The molecule has 5 nitrogen and oxygen atoms in total. The summed E-state index contributed by atoms with van der Waals surface area (Å²) in [6, 6.07) is 10.8. The number of benzene rings is 2. The highest BCUT2D eigenvalue weighted by Crippen LogP contribution is 2.23. The molecule has 1 aliphatic heterocycles. The van der Waals surface area contributed by atoms with Gasteiger partial charge in [-0.25, -0.2) is 12.8 Å². The number of carbonyl (C=O) groups is 1. The molecule has 0 N–H and O–H groups in total. The molecule has 28 heavy (non-hydrogen) atoms. The fourth-order valence-corrected chi connectivity index (χ4v) is 5.23. The summed E-state index contributed by atoms with van der Waals surface area (Å²) < 4.78 is 40.1. The van der Waals surface area contributed by atoms with Crippen molar-refractivity contribution in [1.29, 1.82) is 0 Å². The zero-order chi connectivity index (χ0) is 20.3. The van der Waals surface area contributed by atoms with Crippen molar-refractivity contribution in [2.45, 2.75) is 10.6 Å². The van der Waals surface area contributed by atoms with Crippen LogP contribution in [0.5, 0.6) is 0 Å². The van der Waals surface area contributed by atoms with Crippen molar-refractivity contribution in [2.24, 2.45) is 0 Å². The Balaban J connectivity index is 1.66. The molecule has 1 amide bonds. The van der Waals surface area contributed by atoms with Crippen LogP contribution in [0, 0.1) is 5.82 Å². The Kier molecular flexibility index (Phi) is 6.65. The van der Waals surface area contributed by atoms with E-state index >= 15 is 0 Å². The van der Waals surface area contributed by atoms with E-state index < -0.39 is 15.8 Å². The zero-order valence-corrected chi connectivity index (χ0v) is 17.7. The van der Waals surface area contributed by atoms with Crippen LogP contribution in [0.3, 0.4) is 0 Å². The zero-order valence-electron chi connectivity index (χ0n) is 15.3. The predicted molar refractivity (Wildman–Crippen MR) is 110 cm³/mol. The topological polar surface area (TPSA) is 57.7 Å². The van der Waals surface area contributed by atoms with Gasteiger partial charge in [-0.05, 0) is 42.2 Å². The smallest absolute Gasteiger partial charge is 0.253 e. The first kappa shape index (κ1) is 21.1. The number of thioether (sulfide) groups is 1. The van der Waals surface area contributed by atoms with Gasteiger partial charge in [-0.2, -0.15) is 16.1 Å². The van der Waals surface area contributed by atoms with E-state index in [4.69, 9.17) is 11.6 Å². The Labute approximate surface area is 173 Å². The molecule has 0 bridgehead atoms. The summed E-state index contributed by atoms with van der Waals surface area (Å²) >= 11 is 7.42. The molecule has 0 aliphatic carbocycles. The fourth-order valence-electron chi connectivity index (χ4n) is 3.01. The van der Waals surface area contributed by atoms with E-state index in [0.29, 0.717) is 18.7 Å². The van der Waals surface area contributed by atoms with Gasteiger partial charge in [0.05, 0.1) is 9.92 Å². The molecule has 150 valence electrons. The quantitative estimate of drug-likeness (QED) is 0.711. The molecule has 0 aromatic heterocycles.